The first-order valence-corrected chi connectivity index (χ1v) is 26.4. The lowest BCUT2D eigenvalue weighted by Crippen LogP contribution is -2.46. The number of allylic oxidation sites excluding steroid dienone is 2. The molecule has 0 aliphatic carbocycles. The largest absolute Gasteiger partial charge is 0.462 e. The number of unbranched alkanes of at least 4 members (excludes halogenated alkanes) is 34. The third kappa shape index (κ3) is 43.1. The molecule has 0 saturated carbocycles. The average molecular weight is 834 g/mol. The van der Waals surface area contributed by atoms with Gasteiger partial charge in [0.2, 0.25) is 5.91 Å². The highest BCUT2D eigenvalue weighted by atomic mass is 16.5. The highest BCUT2D eigenvalue weighted by Crippen LogP contribution is 2.18. The van der Waals surface area contributed by atoms with Crippen molar-refractivity contribution in [2.24, 2.45) is 0 Å². The summed E-state index contributed by atoms with van der Waals surface area (Å²) in [7, 11) is 0. The first-order valence-electron chi connectivity index (χ1n) is 26.4. The molecule has 0 heterocycles. The molecule has 3 atom stereocenters. The molecule has 0 radical (unpaired) electrons. The fraction of sp³-hybridized carbons (Fsp3) is 0.925. The Hall–Kier alpha value is -1.40. The van der Waals surface area contributed by atoms with E-state index in [1.54, 1.807) is 0 Å². The molecule has 350 valence electrons. The molecular weight excluding hydrogens is 731 g/mol. The Kier molecular flexibility index (Phi) is 46.5. The molecule has 0 aliphatic rings. The Balaban J connectivity index is 4.49. The summed E-state index contributed by atoms with van der Waals surface area (Å²) in [5.41, 5.74) is 0. The Labute approximate surface area is 368 Å². The van der Waals surface area contributed by atoms with E-state index in [-0.39, 0.29) is 24.9 Å². The Morgan fingerprint density at radius 1 is 0.475 bits per heavy atom. The van der Waals surface area contributed by atoms with Crippen LogP contribution in [0.3, 0.4) is 0 Å². The zero-order chi connectivity index (χ0) is 43.1. The predicted molar refractivity (Wildman–Crippen MR) is 255 cm³/mol. The van der Waals surface area contributed by atoms with Crippen LogP contribution in [-0.4, -0.2) is 46.9 Å². The van der Waals surface area contributed by atoms with Gasteiger partial charge in [-0.2, -0.15) is 0 Å². The molecule has 0 fully saturated rings. The van der Waals surface area contributed by atoms with Crippen LogP contribution in [0.25, 0.3) is 0 Å². The first kappa shape index (κ1) is 57.6. The van der Waals surface area contributed by atoms with Crippen LogP contribution in [0.2, 0.25) is 0 Å². The summed E-state index contributed by atoms with van der Waals surface area (Å²) >= 11 is 0. The normalized spacial score (nSPS) is 13.2. The summed E-state index contributed by atoms with van der Waals surface area (Å²) in [5.74, 6) is -0.486. The van der Waals surface area contributed by atoms with E-state index in [0.717, 1.165) is 51.4 Å². The van der Waals surface area contributed by atoms with Gasteiger partial charge in [0.1, 0.15) is 6.10 Å². The molecule has 1 amide bonds. The van der Waals surface area contributed by atoms with Gasteiger partial charge < -0.3 is 20.3 Å². The van der Waals surface area contributed by atoms with Gasteiger partial charge in [-0.25, -0.2) is 0 Å². The lowest BCUT2D eigenvalue weighted by Gasteiger charge is -2.24. The Bertz CT molecular complexity index is 893. The molecule has 0 aromatic carbocycles. The summed E-state index contributed by atoms with van der Waals surface area (Å²) in [4.78, 5) is 26.1. The minimum atomic E-state index is -0.788. The number of carbonyl (C=O) groups is 2. The van der Waals surface area contributed by atoms with Crippen LogP contribution >= 0.6 is 0 Å². The zero-order valence-electron chi connectivity index (χ0n) is 39.9. The van der Waals surface area contributed by atoms with E-state index in [9.17, 15) is 19.8 Å². The van der Waals surface area contributed by atoms with E-state index in [4.69, 9.17) is 4.74 Å². The molecule has 0 aromatic rings. The average Bonchev–Trinajstić information content (AvgIpc) is 3.23. The van der Waals surface area contributed by atoms with Crippen LogP contribution in [0.15, 0.2) is 12.2 Å². The van der Waals surface area contributed by atoms with Gasteiger partial charge in [-0.3, -0.25) is 9.59 Å². The van der Waals surface area contributed by atoms with Crippen LogP contribution in [0, 0.1) is 0 Å². The summed E-state index contributed by atoms with van der Waals surface area (Å²) in [6, 6.07) is -0.703. The molecule has 6 heteroatoms. The van der Waals surface area contributed by atoms with Crippen molar-refractivity contribution in [3.63, 3.8) is 0 Å². The number of aliphatic hydroxyl groups is 2. The van der Waals surface area contributed by atoms with Crippen molar-refractivity contribution >= 4 is 11.9 Å². The van der Waals surface area contributed by atoms with Crippen LogP contribution < -0.4 is 5.32 Å². The van der Waals surface area contributed by atoms with E-state index in [2.05, 4.69) is 38.2 Å². The SMILES string of the molecule is CCCCCCCC/C=C\CCCC(CC(=O)NC(CO)C(O)CCCCCCCCCCCCCCCCC)OC(=O)CCCCCCCCCCCCCCCC. The molecule has 3 unspecified atom stereocenters. The standard InChI is InChI=1S/C53H103NO5/c1-4-7-10-13-16-19-22-24-26-27-30-33-36-39-42-45-51(56)50(48-55)54-52(57)47-49(44-41-38-35-32-29-21-18-15-12-9-6-3)59-53(58)46-43-40-37-34-31-28-25-23-20-17-14-11-8-5-2/h32,35,49-51,55-56H,4-31,33-34,36-48H2,1-3H3,(H,54,57)/b35-32-. The molecule has 0 bridgehead atoms. The smallest absolute Gasteiger partial charge is 0.306 e. The number of ether oxygens (including phenoxy) is 1. The predicted octanol–water partition coefficient (Wildman–Crippen LogP) is 15.7. The molecule has 3 N–H and O–H groups in total. The lowest BCUT2D eigenvalue weighted by atomic mass is 10.0. The molecule has 0 aliphatic heterocycles. The van der Waals surface area contributed by atoms with Crippen LogP contribution in [0.5, 0.6) is 0 Å². The first-order chi connectivity index (χ1) is 29.0. The summed E-state index contributed by atoms with van der Waals surface area (Å²) in [5, 5.41) is 23.8. The van der Waals surface area contributed by atoms with E-state index >= 15 is 0 Å². The monoisotopic (exact) mass is 834 g/mol. The van der Waals surface area contributed by atoms with Gasteiger partial charge in [0.05, 0.1) is 25.2 Å². The van der Waals surface area contributed by atoms with Crippen molar-refractivity contribution in [2.75, 3.05) is 6.61 Å². The number of aliphatic hydroxyl groups excluding tert-OH is 2. The minimum Gasteiger partial charge on any atom is -0.462 e. The Morgan fingerprint density at radius 3 is 1.24 bits per heavy atom. The maximum atomic E-state index is 13.2. The summed E-state index contributed by atoms with van der Waals surface area (Å²) in [6.07, 6.45) is 52.8. The molecule has 0 rings (SSSR count). The van der Waals surface area contributed by atoms with Gasteiger partial charge in [-0.05, 0) is 44.9 Å². The van der Waals surface area contributed by atoms with Gasteiger partial charge in [-0.1, -0.05) is 245 Å². The number of carbonyl (C=O) groups excluding carboxylic acids is 2. The number of esters is 1. The minimum absolute atomic E-state index is 0.0636. The quantitative estimate of drug-likeness (QED) is 0.0322. The second-order valence-corrected chi connectivity index (χ2v) is 18.3. The van der Waals surface area contributed by atoms with Gasteiger partial charge in [0.25, 0.3) is 0 Å². The fourth-order valence-electron chi connectivity index (χ4n) is 8.31. The van der Waals surface area contributed by atoms with Crippen molar-refractivity contribution in [1.29, 1.82) is 0 Å². The molecular formula is C53H103NO5. The van der Waals surface area contributed by atoms with Crippen molar-refractivity contribution in [3.8, 4) is 0 Å². The van der Waals surface area contributed by atoms with Crippen LogP contribution in [0.4, 0.5) is 0 Å². The van der Waals surface area contributed by atoms with Crippen LogP contribution in [-0.2, 0) is 14.3 Å². The second-order valence-electron chi connectivity index (χ2n) is 18.3. The maximum Gasteiger partial charge on any atom is 0.306 e. The lowest BCUT2D eigenvalue weighted by molar-refractivity contribution is -0.151. The van der Waals surface area contributed by atoms with Crippen molar-refractivity contribution < 1.29 is 24.5 Å². The van der Waals surface area contributed by atoms with Gasteiger partial charge in [0, 0.05) is 6.42 Å². The second kappa shape index (κ2) is 47.6. The summed E-state index contributed by atoms with van der Waals surface area (Å²) in [6.45, 7) is 6.49. The third-order valence-electron chi connectivity index (χ3n) is 12.3. The number of hydrogen-bond donors (Lipinski definition) is 3. The van der Waals surface area contributed by atoms with Gasteiger partial charge in [0.15, 0.2) is 0 Å². The maximum absolute atomic E-state index is 13.2. The Morgan fingerprint density at radius 2 is 0.831 bits per heavy atom. The number of amides is 1. The molecule has 59 heavy (non-hydrogen) atoms. The van der Waals surface area contributed by atoms with Gasteiger partial charge in [-0.15, -0.1) is 0 Å². The highest BCUT2D eigenvalue weighted by Gasteiger charge is 2.24. The van der Waals surface area contributed by atoms with E-state index in [0.29, 0.717) is 19.3 Å². The number of hydrogen-bond acceptors (Lipinski definition) is 5. The summed E-state index contributed by atoms with van der Waals surface area (Å²) < 4.78 is 5.91. The molecule has 6 nitrogen and oxygen atoms in total. The van der Waals surface area contributed by atoms with Crippen molar-refractivity contribution in [3.05, 3.63) is 12.2 Å². The topological polar surface area (TPSA) is 95.9 Å². The van der Waals surface area contributed by atoms with E-state index in [1.807, 2.05) is 0 Å². The third-order valence-corrected chi connectivity index (χ3v) is 12.3. The number of rotatable bonds is 48. The van der Waals surface area contributed by atoms with Crippen LogP contribution in [0.1, 0.15) is 290 Å². The fourth-order valence-corrected chi connectivity index (χ4v) is 8.31. The van der Waals surface area contributed by atoms with E-state index < -0.39 is 18.2 Å². The zero-order valence-corrected chi connectivity index (χ0v) is 39.9. The number of nitrogens with one attached hydrogen (secondary N) is 1. The highest BCUT2D eigenvalue weighted by molar-refractivity contribution is 5.77. The molecule has 0 saturated heterocycles. The van der Waals surface area contributed by atoms with Gasteiger partial charge >= 0.3 is 5.97 Å². The molecule has 0 aromatic heterocycles. The van der Waals surface area contributed by atoms with Crippen molar-refractivity contribution in [2.45, 2.75) is 309 Å². The van der Waals surface area contributed by atoms with E-state index in [1.165, 1.54) is 193 Å². The molecule has 0 spiro atoms. The van der Waals surface area contributed by atoms with Crippen molar-refractivity contribution in [1.82, 2.24) is 5.32 Å².